The number of rotatable bonds is 2. The van der Waals surface area contributed by atoms with Gasteiger partial charge < -0.3 is 5.11 Å². The highest BCUT2D eigenvalue weighted by Crippen LogP contribution is 2.43. The molecule has 2 aromatic rings. The van der Waals surface area contributed by atoms with Crippen LogP contribution in [0, 0.1) is 12.8 Å². The predicted octanol–water partition coefficient (Wildman–Crippen LogP) is 4.47. The molecule has 4 aliphatic heterocycles. The van der Waals surface area contributed by atoms with Crippen molar-refractivity contribution in [3.05, 3.63) is 70.8 Å². The minimum atomic E-state index is -0.798. The Bertz CT molecular complexity index is 870. The zero-order valence-electron chi connectivity index (χ0n) is 16.4. The molecule has 0 radical (unpaired) electrons. The average Bonchev–Trinajstić information content (AvgIpc) is 2.73. The van der Waals surface area contributed by atoms with Crippen molar-refractivity contribution in [2.75, 3.05) is 13.1 Å². The molecule has 146 valence electrons. The summed E-state index contributed by atoms with van der Waals surface area (Å²) in [6, 6.07) is 16.9. The number of piperidine rings is 3. The third kappa shape index (κ3) is 2.91. The van der Waals surface area contributed by atoms with Crippen LogP contribution in [0.3, 0.4) is 0 Å². The van der Waals surface area contributed by atoms with Gasteiger partial charge in [0.15, 0.2) is 0 Å². The van der Waals surface area contributed by atoms with Crippen molar-refractivity contribution in [3.63, 3.8) is 0 Å². The average molecular weight is 377 g/mol. The number of aryl methyl sites for hydroxylation is 1. The van der Waals surface area contributed by atoms with E-state index in [-0.39, 0.29) is 12.1 Å². The molecule has 4 aliphatic rings. The van der Waals surface area contributed by atoms with E-state index in [9.17, 15) is 9.90 Å². The number of hydrogen-bond acceptors (Lipinski definition) is 2. The molecule has 3 saturated heterocycles. The molecule has 3 fully saturated rings. The molecule has 1 N–H and O–H groups in total. The summed E-state index contributed by atoms with van der Waals surface area (Å²) >= 11 is 0. The van der Waals surface area contributed by atoms with E-state index < -0.39 is 6.09 Å². The Morgan fingerprint density at radius 3 is 2.36 bits per heavy atom. The van der Waals surface area contributed by atoms with E-state index in [1.165, 1.54) is 24.0 Å². The highest BCUT2D eigenvalue weighted by Gasteiger charge is 2.46. The summed E-state index contributed by atoms with van der Waals surface area (Å²) in [6.45, 7) is 4.31. The summed E-state index contributed by atoms with van der Waals surface area (Å²) in [5.41, 5.74) is 4.71. The second-order valence-electron chi connectivity index (χ2n) is 8.76. The molecule has 3 unspecified atom stereocenters. The van der Waals surface area contributed by atoms with E-state index in [1.54, 1.807) is 4.90 Å². The first-order valence-corrected chi connectivity index (χ1v) is 10.5. The highest BCUT2D eigenvalue weighted by atomic mass is 16.4. The van der Waals surface area contributed by atoms with Crippen LogP contribution in [0.5, 0.6) is 0 Å². The summed E-state index contributed by atoms with van der Waals surface area (Å²) in [5.74, 6) is 0.764. The topological polar surface area (TPSA) is 43.8 Å². The number of hydrogen-bond donors (Lipinski definition) is 1. The lowest BCUT2D eigenvalue weighted by Crippen LogP contribution is -2.61. The third-order valence-corrected chi connectivity index (χ3v) is 7.17. The van der Waals surface area contributed by atoms with Crippen LogP contribution in [0.2, 0.25) is 0 Å². The van der Waals surface area contributed by atoms with Crippen molar-refractivity contribution in [1.29, 1.82) is 0 Å². The number of fused-ring (bicyclic) bond motifs is 4. The fraction of sp³-hybridized carbons (Fsp3) is 0.458. The van der Waals surface area contributed by atoms with Gasteiger partial charge in [0, 0.05) is 6.04 Å². The first kappa shape index (κ1) is 17.7. The number of amides is 1. The largest absolute Gasteiger partial charge is 0.465 e. The van der Waals surface area contributed by atoms with Gasteiger partial charge in [-0.05, 0) is 68.3 Å². The quantitative estimate of drug-likeness (QED) is 0.841. The molecular formula is C24H28N2O2. The first-order chi connectivity index (χ1) is 13.6. The van der Waals surface area contributed by atoms with Crippen LogP contribution < -0.4 is 0 Å². The Morgan fingerprint density at radius 2 is 1.71 bits per heavy atom. The zero-order chi connectivity index (χ0) is 19.3. The van der Waals surface area contributed by atoms with Crippen LogP contribution in [0.1, 0.15) is 47.6 Å². The minimum Gasteiger partial charge on any atom is -0.465 e. The molecule has 0 aromatic heterocycles. The Hall–Kier alpha value is -2.33. The van der Waals surface area contributed by atoms with Crippen molar-refractivity contribution in [3.8, 4) is 0 Å². The highest BCUT2D eigenvalue weighted by molar-refractivity contribution is 5.68. The summed E-state index contributed by atoms with van der Waals surface area (Å²) in [4.78, 5) is 16.9. The van der Waals surface area contributed by atoms with Crippen molar-refractivity contribution in [2.24, 2.45) is 5.92 Å². The Kier molecular flexibility index (Phi) is 4.39. The Morgan fingerprint density at radius 1 is 1.00 bits per heavy atom. The predicted molar refractivity (Wildman–Crippen MR) is 110 cm³/mol. The van der Waals surface area contributed by atoms with Gasteiger partial charge in [0.2, 0.25) is 0 Å². The van der Waals surface area contributed by atoms with Gasteiger partial charge in [0.1, 0.15) is 0 Å². The van der Waals surface area contributed by atoms with Crippen LogP contribution in [-0.2, 0) is 6.42 Å². The Labute approximate surface area is 166 Å². The molecule has 28 heavy (non-hydrogen) atoms. The monoisotopic (exact) mass is 376 g/mol. The van der Waals surface area contributed by atoms with E-state index in [2.05, 4.69) is 54.3 Å². The molecule has 2 bridgehead atoms. The van der Waals surface area contributed by atoms with Crippen LogP contribution in [0.4, 0.5) is 4.79 Å². The van der Waals surface area contributed by atoms with Crippen LogP contribution in [0.15, 0.2) is 48.5 Å². The molecule has 2 aromatic carbocycles. The molecular weight excluding hydrogens is 348 g/mol. The van der Waals surface area contributed by atoms with Gasteiger partial charge in [0.05, 0.1) is 12.1 Å². The maximum atomic E-state index is 12.6. The number of nitrogens with zero attached hydrogens (tertiary/aromatic N) is 2. The Balaban J connectivity index is 1.61. The van der Waals surface area contributed by atoms with Crippen LogP contribution in [-0.4, -0.2) is 46.2 Å². The van der Waals surface area contributed by atoms with E-state index in [0.29, 0.717) is 6.04 Å². The second-order valence-corrected chi connectivity index (χ2v) is 8.76. The van der Waals surface area contributed by atoms with Crippen LogP contribution >= 0.6 is 0 Å². The molecule has 0 spiro atoms. The molecule has 4 heterocycles. The van der Waals surface area contributed by atoms with Crippen molar-refractivity contribution >= 4 is 6.09 Å². The molecule has 1 amide bonds. The standard InChI is InChI=1S/C24H28N2O2/c1-16-6-8-18(9-7-16)23-20-5-3-2-4-19(20)15-22(26(23)24(27)28)21-14-17-10-12-25(21)13-11-17/h2-9,17,21-23H,10-15H2,1H3,(H,27,28). The number of benzene rings is 2. The minimum absolute atomic E-state index is 0.0156. The van der Waals surface area contributed by atoms with Gasteiger partial charge in [-0.25, -0.2) is 4.79 Å². The van der Waals surface area contributed by atoms with E-state index in [0.717, 1.165) is 43.0 Å². The van der Waals surface area contributed by atoms with Gasteiger partial charge >= 0.3 is 6.09 Å². The first-order valence-electron chi connectivity index (χ1n) is 10.5. The SMILES string of the molecule is Cc1ccc(C2c3ccccc3CC(C3CC4CCN3CC4)N2C(=O)O)cc1. The lowest BCUT2D eigenvalue weighted by atomic mass is 9.75. The summed E-state index contributed by atoms with van der Waals surface area (Å²) in [6.07, 6.45) is 3.70. The summed E-state index contributed by atoms with van der Waals surface area (Å²) in [7, 11) is 0. The van der Waals surface area contributed by atoms with Gasteiger partial charge in [0.25, 0.3) is 0 Å². The fourth-order valence-corrected chi connectivity index (χ4v) is 5.73. The van der Waals surface area contributed by atoms with Crippen molar-refractivity contribution < 1.29 is 9.90 Å². The maximum Gasteiger partial charge on any atom is 0.408 e. The molecule has 4 heteroatoms. The number of carbonyl (C=O) groups is 1. The summed E-state index contributed by atoms with van der Waals surface area (Å²) < 4.78 is 0. The number of carboxylic acid groups (broad SMARTS) is 1. The molecule has 6 rings (SSSR count). The zero-order valence-corrected chi connectivity index (χ0v) is 16.4. The lowest BCUT2D eigenvalue weighted by Gasteiger charge is -2.53. The van der Waals surface area contributed by atoms with E-state index >= 15 is 0 Å². The third-order valence-electron chi connectivity index (χ3n) is 7.17. The van der Waals surface area contributed by atoms with Crippen molar-refractivity contribution in [2.45, 2.75) is 50.7 Å². The van der Waals surface area contributed by atoms with Crippen LogP contribution in [0.25, 0.3) is 0 Å². The van der Waals surface area contributed by atoms with Crippen molar-refractivity contribution in [1.82, 2.24) is 9.80 Å². The second kappa shape index (κ2) is 6.93. The molecule has 4 nitrogen and oxygen atoms in total. The normalized spacial score (nSPS) is 31.5. The van der Waals surface area contributed by atoms with E-state index in [4.69, 9.17) is 0 Å². The lowest BCUT2D eigenvalue weighted by molar-refractivity contribution is -0.0134. The smallest absolute Gasteiger partial charge is 0.408 e. The van der Waals surface area contributed by atoms with Gasteiger partial charge in [-0.3, -0.25) is 9.80 Å². The summed E-state index contributed by atoms with van der Waals surface area (Å²) in [5, 5.41) is 10.3. The van der Waals surface area contributed by atoms with Gasteiger partial charge in [-0.15, -0.1) is 0 Å². The van der Waals surface area contributed by atoms with Gasteiger partial charge in [-0.2, -0.15) is 0 Å². The molecule has 0 saturated carbocycles. The molecule has 3 atom stereocenters. The molecule has 0 aliphatic carbocycles. The van der Waals surface area contributed by atoms with E-state index in [1.807, 2.05) is 6.07 Å². The van der Waals surface area contributed by atoms with Gasteiger partial charge in [-0.1, -0.05) is 54.1 Å². The fourth-order valence-electron chi connectivity index (χ4n) is 5.73. The maximum absolute atomic E-state index is 12.6.